The molecule has 7 heteroatoms. The van der Waals surface area contributed by atoms with Gasteiger partial charge in [-0.3, -0.25) is 9.69 Å². The maximum atomic E-state index is 12.5. The maximum Gasteiger partial charge on any atom is 0.403 e. The summed E-state index contributed by atoms with van der Waals surface area (Å²) in [6.07, 6.45) is -4.21. The lowest BCUT2D eigenvalue weighted by Gasteiger charge is -2.39. The zero-order chi connectivity index (χ0) is 13.2. The first kappa shape index (κ1) is 14.2. The van der Waals surface area contributed by atoms with Crippen LogP contribution in [0.15, 0.2) is 0 Å². The van der Waals surface area contributed by atoms with Crippen LogP contribution in [-0.2, 0) is 4.79 Å². The van der Waals surface area contributed by atoms with Crippen LogP contribution in [0.3, 0.4) is 0 Å². The Morgan fingerprint density at radius 1 is 1.18 bits per heavy atom. The summed E-state index contributed by atoms with van der Waals surface area (Å²) in [6, 6.07) is -2.06. The molecule has 1 fully saturated rings. The standard InChI is InChI=1S/C10H18F3N3O/c1-7(14)9(17)16-5-3-15(4-6-16)8(2)10(11,12)13/h7-8H,3-6,14H2,1-2H3. The number of piperazine rings is 1. The molecule has 17 heavy (non-hydrogen) atoms. The molecule has 0 aromatic rings. The van der Waals surface area contributed by atoms with E-state index in [1.165, 1.54) is 9.80 Å². The molecular formula is C10H18F3N3O. The van der Waals surface area contributed by atoms with E-state index in [0.29, 0.717) is 13.1 Å². The summed E-state index contributed by atoms with van der Waals surface area (Å²) in [7, 11) is 0. The summed E-state index contributed by atoms with van der Waals surface area (Å²) in [5.41, 5.74) is 5.45. The van der Waals surface area contributed by atoms with Gasteiger partial charge in [0.05, 0.1) is 6.04 Å². The average Bonchev–Trinajstić information content (AvgIpc) is 2.26. The molecule has 0 spiro atoms. The zero-order valence-corrected chi connectivity index (χ0v) is 10.00. The van der Waals surface area contributed by atoms with Crippen molar-refractivity contribution in [3.8, 4) is 0 Å². The number of alkyl halides is 3. The Kier molecular flexibility index (Phi) is 4.37. The number of nitrogens with two attached hydrogens (primary N) is 1. The first-order valence-electron chi connectivity index (χ1n) is 5.58. The molecule has 100 valence electrons. The van der Waals surface area contributed by atoms with Gasteiger partial charge in [0, 0.05) is 26.2 Å². The minimum absolute atomic E-state index is 0.204. The van der Waals surface area contributed by atoms with Gasteiger partial charge < -0.3 is 10.6 Å². The van der Waals surface area contributed by atoms with Crippen molar-refractivity contribution in [2.45, 2.75) is 32.1 Å². The minimum atomic E-state index is -4.21. The number of amides is 1. The van der Waals surface area contributed by atoms with Crippen molar-refractivity contribution in [3.63, 3.8) is 0 Å². The fourth-order valence-corrected chi connectivity index (χ4v) is 1.82. The highest BCUT2D eigenvalue weighted by molar-refractivity contribution is 5.81. The van der Waals surface area contributed by atoms with Crippen LogP contribution in [0.1, 0.15) is 13.8 Å². The zero-order valence-electron chi connectivity index (χ0n) is 10.00. The summed E-state index contributed by atoms with van der Waals surface area (Å²) in [5, 5.41) is 0. The number of nitrogens with zero attached hydrogens (tertiary/aromatic N) is 2. The van der Waals surface area contributed by atoms with Gasteiger partial charge in [0.15, 0.2) is 0 Å². The van der Waals surface area contributed by atoms with Crippen LogP contribution in [0.2, 0.25) is 0 Å². The van der Waals surface area contributed by atoms with Gasteiger partial charge in [-0.05, 0) is 13.8 Å². The Morgan fingerprint density at radius 2 is 1.65 bits per heavy atom. The Balaban J connectivity index is 2.49. The highest BCUT2D eigenvalue weighted by atomic mass is 19.4. The first-order valence-corrected chi connectivity index (χ1v) is 5.58. The molecular weight excluding hydrogens is 235 g/mol. The van der Waals surface area contributed by atoms with Crippen molar-refractivity contribution >= 4 is 5.91 Å². The smallest absolute Gasteiger partial charge is 0.339 e. The first-order chi connectivity index (χ1) is 7.73. The molecule has 2 unspecified atom stereocenters. The molecule has 1 amide bonds. The summed E-state index contributed by atoms with van der Waals surface area (Å²) in [5.74, 6) is -0.204. The molecule has 1 heterocycles. The molecule has 2 N–H and O–H groups in total. The monoisotopic (exact) mass is 253 g/mol. The van der Waals surface area contributed by atoms with Crippen molar-refractivity contribution in [2.75, 3.05) is 26.2 Å². The number of halogens is 3. The fraction of sp³-hybridized carbons (Fsp3) is 0.900. The predicted octanol–water partition coefficient (Wildman–Crippen LogP) is 0.429. The minimum Gasteiger partial charge on any atom is -0.339 e. The van der Waals surface area contributed by atoms with E-state index in [-0.39, 0.29) is 19.0 Å². The van der Waals surface area contributed by atoms with E-state index < -0.39 is 18.3 Å². The third-order valence-electron chi connectivity index (χ3n) is 3.04. The van der Waals surface area contributed by atoms with Crippen LogP contribution in [0.25, 0.3) is 0 Å². The van der Waals surface area contributed by atoms with Crippen LogP contribution >= 0.6 is 0 Å². The number of rotatable bonds is 2. The lowest BCUT2D eigenvalue weighted by atomic mass is 10.2. The predicted molar refractivity (Wildman–Crippen MR) is 57.3 cm³/mol. The third kappa shape index (κ3) is 3.57. The molecule has 0 saturated carbocycles. The quantitative estimate of drug-likeness (QED) is 0.776. The highest BCUT2D eigenvalue weighted by Crippen LogP contribution is 2.25. The second-order valence-corrected chi connectivity index (χ2v) is 4.37. The summed E-state index contributed by atoms with van der Waals surface area (Å²) in [4.78, 5) is 14.4. The second kappa shape index (κ2) is 5.22. The third-order valence-corrected chi connectivity index (χ3v) is 3.04. The number of hydrogen-bond donors (Lipinski definition) is 1. The van der Waals surface area contributed by atoms with Crippen LogP contribution in [0, 0.1) is 0 Å². The van der Waals surface area contributed by atoms with Gasteiger partial charge in [0.25, 0.3) is 0 Å². The molecule has 1 rings (SSSR count). The lowest BCUT2D eigenvalue weighted by Crippen LogP contribution is -2.56. The van der Waals surface area contributed by atoms with Crippen molar-refractivity contribution in [2.24, 2.45) is 5.73 Å². The van der Waals surface area contributed by atoms with E-state index in [1.807, 2.05) is 0 Å². The van der Waals surface area contributed by atoms with Crippen molar-refractivity contribution in [1.29, 1.82) is 0 Å². The maximum absolute atomic E-state index is 12.5. The molecule has 0 aromatic carbocycles. The Bertz CT molecular complexity index is 272. The van der Waals surface area contributed by atoms with Crippen LogP contribution in [-0.4, -0.2) is 60.1 Å². The molecule has 0 bridgehead atoms. The topological polar surface area (TPSA) is 49.6 Å². The molecule has 0 aromatic heterocycles. The lowest BCUT2D eigenvalue weighted by molar-refractivity contribution is -0.183. The van der Waals surface area contributed by atoms with Crippen molar-refractivity contribution in [3.05, 3.63) is 0 Å². The highest BCUT2D eigenvalue weighted by Gasteiger charge is 2.41. The average molecular weight is 253 g/mol. The summed E-state index contributed by atoms with van der Waals surface area (Å²) in [6.45, 7) is 3.80. The summed E-state index contributed by atoms with van der Waals surface area (Å²) >= 11 is 0. The Hall–Kier alpha value is -0.820. The van der Waals surface area contributed by atoms with Crippen LogP contribution in [0.5, 0.6) is 0 Å². The van der Waals surface area contributed by atoms with Gasteiger partial charge in [0.2, 0.25) is 5.91 Å². The van der Waals surface area contributed by atoms with E-state index >= 15 is 0 Å². The van der Waals surface area contributed by atoms with Crippen molar-refractivity contribution in [1.82, 2.24) is 9.80 Å². The molecule has 1 aliphatic rings. The van der Waals surface area contributed by atoms with Gasteiger partial charge in [0.1, 0.15) is 6.04 Å². The van der Waals surface area contributed by atoms with Gasteiger partial charge in [-0.25, -0.2) is 0 Å². The Labute approximate surface area is 98.5 Å². The molecule has 1 saturated heterocycles. The van der Waals surface area contributed by atoms with E-state index in [0.717, 1.165) is 6.92 Å². The van der Waals surface area contributed by atoms with Gasteiger partial charge >= 0.3 is 6.18 Å². The van der Waals surface area contributed by atoms with E-state index in [4.69, 9.17) is 5.73 Å². The fourth-order valence-electron chi connectivity index (χ4n) is 1.82. The largest absolute Gasteiger partial charge is 0.403 e. The SMILES string of the molecule is CC(N)C(=O)N1CCN(C(C)C(F)(F)F)CC1. The molecule has 2 atom stereocenters. The molecule has 0 radical (unpaired) electrons. The summed E-state index contributed by atoms with van der Waals surface area (Å²) < 4.78 is 37.4. The molecule has 4 nitrogen and oxygen atoms in total. The number of hydrogen-bond acceptors (Lipinski definition) is 3. The number of carbonyl (C=O) groups is 1. The number of carbonyl (C=O) groups excluding carboxylic acids is 1. The van der Waals surface area contributed by atoms with E-state index in [1.54, 1.807) is 6.92 Å². The molecule has 1 aliphatic heterocycles. The van der Waals surface area contributed by atoms with Gasteiger partial charge in [-0.1, -0.05) is 0 Å². The van der Waals surface area contributed by atoms with Gasteiger partial charge in [-0.15, -0.1) is 0 Å². The van der Waals surface area contributed by atoms with Crippen LogP contribution in [0.4, 0.5) is 13.2 Å². The second-order valence-electron chi connectivity index (χ2n) is 4.37. The van der Waals surface area contributed by atoms with Gasteiger partial charge in [-0.2, -0.15) is 13.2 Å². The Morgan fingerprint density at radius 3 is 2.00 bits per heavy atom. The van der Waals surface area contributed by atoms with Crippen molar-refractivity contribution < 1.29 is 18.0 Å². The molecule has 0 aliphatic carbocycles. The van der Waals surface area contributed by atoms with E-state index in [9.17, 15) is 18.0 Å². The van der Waals surface area contributed by atoms with Crippen LogP contribution < -0.4 is 5.73 Å². The van der Waals surface area contributed by atoms with E-state index in [2.05, 4.69) is 0 Å². The normalized spacial score (nSPS) is 22.4.